The number of aromatic nitrogens is 4. The van der Waals surface area contributed by atoms with Crippen LogP contribution in [0, 0.1) is 5.82 Å². The van der Waals surface area contributed by atoms with Crippen LogP contribution in [0.25, 0.3) is 33.4 Å². The number of benzene rings is 2. The fraction of sp³-hybridized carbons (Fsp3) is 0.190. The zero-order valence-electron chi connectivity index (χ0n) is 15.1. The van der Waals surface area contributed by atoms with Crippen molar-refractivity contribution >= 4 is 16.9 Å². The average Bonchev–Trinajstić information content (AvgIpc) is 3.24. The number of aromatic amines is 1. The van der Waals surface area contributed by atoms with Crippen molar-refractivity contribution < 1.29 is 9.13 Å². The van der Waals surface area contributed by atoms with E-state index in [-0.39, 0.29) is 5.82 Å². The average molecular weight is 375 g/mol. The molecule has 4 aromatic rings. The molecule has 0 radical (unpaired) electrons. The monoisotopic (exact) mass is 375 g/mol. The number of halogens is 1. The van der Waals surface area contributed by atoms with E-state index in [1.54, 1.807) is 12.1 Å². The fourth-order valence-corrected chi connectivity index (χ4v) is 3.45. The van der Waals surface area contributed by atoms with Gasteiger partial charge in [-0.1, -0.05) is 6.07 Å². The Morgan fingerprint density at radius 1 is 0.964 bits per heavy atom. The maximum Gasteiger partial charge on any atom is 0.148 e. The van der Waals surface area contributed by atoms with Crippen molar-refractivity contribution in [2.75, 3.05) is 31.2 Å². The van der Waals surface area contributed by atoms with Gasteiger partial charge in [-0.15, -0.1) is 0 Å². The van der Waals surface area contributed by atoms with Crippen molar-refractivity contribution in [1.82, 2.24) is 20.2 Å². The van der Waals surface area contributed by atoms with Crippen molar-refractivity contribution in [3.63, 3.8) is 0 Å². The number of nitrogens with one attached hydrogen (secondary N) is 1. The fourth-order valence-electron chi connectivity index (χ4n) is 3.45. The number of H-pyrrole nitrogens is 1. The van der Waals surface area contributed by atoms with Gasteiger partial charge in [0.1, 0.15) is 11.6 Å². The third-order valence-electron chi connectivity index (χ3n) is 4.93. The number of ether oxygens (including phenoxy) is 1. The highest BCUT2D eigenvalue weighted by atomic mass is 19.1. The molecule has 1 N–H and O–H groups in total. The van der Waals surface area contributed by atoms with Crippen LogP contribution >= 0.6 is 0 Å². The van der Waals surface area contributed by atoms with Gasteiger partial charge in [0.15, 0.2) is 0 Å². The minimum Gasteiger partial charge on any atom is -0.378 e. The molecule has 5 rings (SSSR count). The summed E-state index contributed by atoms with van der Waals surface area (Å²) in [6.07, 6.45) is 3.66. The first-order valence-electron chi connectivity index (χ1n) is 9.17. The van der Waals surface area contributed by atoms with Gasteiger partial charge in [-0.05, 0) is 42.0 Å². The van der Waals surface area contributed by atoms with Crippen molar-refractivity contribution in [2.24, 2.45) is 0 Å². The molecule has 0 spiro atoms. The molecule has 1 saturated heterocycles. The van der Waals surface area contributed by atoms with E-state index in [0.717, 1.165) is 52.3 Å². The van der Waals surface area contributed by atoms with E-state index < -0.39 is 0 Å². The molecule has 1 fully saturated rings. The topological polar surface area (TPSA) is 66.9 Å². The second-order valence-corrected chi connectivity index (χ2v) is 6.69. The van der Waals surface area contributed by atoms with Gasteiger partial charge in [0.25, 0.3) is 0 Å². The molecule has 6 nitrogen and oxygen atoms in total. The van der Waals surface area contributed by atoms with Crippen molar-refractivity contribution in [1.29, 1.82) is 0 Å². The normalized spacial score (nSPS) is 14.5. The van der Waals surface area contributed by atoms with Crippen molar-refractivity contribution in [3.05, 3.63) is 60.7 Å². The first kappa shape index (κ1) is 16.8. The van der Waals surface area contributed by atoms with Gasteiger partial charge in [-0.2, -0.15) is 5.10 Å². The Hall–Kier alpha value is -3.32. The van der Waals surface area contributed by atoms with Gasteiger partial charge in [-0.25, -0.2) is 9.37 Å². The van der Waals surface area contributed by atoms with Crippen LogP contribution in [-0.4, -0.2) is 46.5 Å². The maximum atomic E-state index is 13.3. The number of hydrogen-bond donors (Lipinski definition) is 1. The maximum absolute atomic E-state index is 13.3. The summed E-state index contributed by atoms with van der Waals surface area (Å²) in [7, 11) is 0. The van der Waals surface area contributed by atoms with Crippen molar-refractivity contribution in [3.8, 4) is 22.4 Å². The predicted molar refractivity (Wildman–Crippen MR) is 106 cm³/mol. The van der Waals surface area contributed by atoms with Crippen LogP contribution in [0.3, 0.4) is 0 Å². The molecule has 2 aromatic carbocycles. The SMILES string of the molecule is Fc1ccc(-c2n[nH]cc2-c2ccc3ncc(N4CCOCC4)nc3c2)cc1. The van der Waals surface area contributed by atoms with Gasteiger partial charge >= 0.3 is 0 Å². The van der Waals surface area contributed by atoms with E-state index in [1.807, 2.05) is 30.6 Å². The summed E-state index contributed by atoms with van der Waals surface area (Å²) < 4.78 is 18.7. The van der Waals surface area contributed by atoms with E-state index >= 15 is 0 Å². The second-order valence-electron chi connectivity index (χ2n) is 6.69. The smallest absolute Gasteiger partial charge is 0.148 e. The summed E-state index contributed by atoms with van der Waals surface area (Å²) in [5.41, 5.74) is 5.21. The Morgan fingerprint density at radius 2 is 1.75 bits per heavy atom. The Bertz CT molecular complexity index is 1120. The molecular weight excluding hydrogens is 357 g/mol. The van der Waals surface area contributed by atoms with Gasteiger partial charge in [0, 0.05) is 30.4 Å². The lowest BCUT2D eigenvalue weighted by atomic mass is 10.0. The molecule has 0 aliphatic carbocycles. The largest absolute Gasteiger partial charge is 0.378 e. The van der Waals surface area contributed by atoms with Crippen LogP contribution in [0.5, 0.6) is 0 Å². The molecule has 3 heterocycles. The molecule has 0 atom stereocenters. The molecule has 0 saturated carbocycles. The standard InChI is InChI=1S/C21H18FN5O/c22-16-4-1-14(2-5-16)21-17(12-24-26-21)15-3-6-18-19(11-15)25-20(13-23-18)27-7-9-28-10-8-27/h1-6,11-13H,7-10H2,(H,24,26). The second kappa shape index (κ2) is 7.01. The number of nitrogens with zero attached hydrogens (tertiary/aromatic N) is 4. The minimum atomic E-state index is -0.266. The van der Waals surface area contributed by atoms with Gasteiger partial charge in [0.05, 0.1) is 36.1 Å². The van der Waals surface area contributed by atoms with E-state index in [4.69, 9.17) is 9.72 Å². The van der Waals surface area contributed by atoms with Gasteiger partial charge in [-0.3, -0.25) is 10.1 Å². The molecule has 2 aromatic heterocycles. The Morgan fingerprint density at radius 3 is 2.57 bits per heavy atom. The molecule has 1 aliphatic heterocycles. The van der Waals surface area contributed by atoms with Gasteiger partial charge in [0.2, 0.25) is 0 Å². The molecule has 28 heavy (non-hydrogen) atoms. The lowest BCUT2D eigenvalue weighted by Gasteiger charge is -2.27. The quantitative estimate of drug-likeness (QED) is 0.592. The van der Waals surface area contributed by atoms with Crippen LogP contribution in [0.15, 0.2) is 54.9 Å². The summed E-state index contributed by atoms with van der Waals surface area (Å²) in [6, 6.07) is 12.3. The summed E-state index contributed by atoms with van der Waals surface area (Å²) >= 11 is 0. The van der Waals surface area contributed by atoms with E-state index in [0.29, 0.717) is 13.2 Å². The number of fused-ring (bicyclic) bond motifs is 1. The van der Waals surface area contributed by atoms with Crippen LogP contribution in [0.4, 0.5) is 10.2 Å². The molecule has 1 aliphatic rings. The number of rotatable bonds is 3. The summed E-state index contributed by atoms with van der Waals surface area (Å²) in [5, 5.41) is 7.28. The first-order chi connectivity index (χ1) is 13.8. The highest BCUT2D eigenvalue weighted by Gasteiger charge is 2.15. The summed E-state index contributed by atoms with van der Waals surface area (Å²) in [6.45, 7) is 3.04. The van der Waals surface area contributed by atoms with E-state index in [1.165, 1.54) is 12.1 Å². The molecule has 0 unspecified atom stereocenters. The predicted octanol–water partition coefficient (Wildman–Crippen LogP) is 3.66. The van der Waals surface area contributed by atoms with E-state index in [9.17, 15) is 4.39 Å². The zero-order chi connectivity index (χ0) is 18.9. The van der Waals surface area contributed by atoms with Crippen LogP contribution in [-0.2, 0) is 4.74 Å². The molecule has 140 valence electrons. The molecule has 0 amide bonds. The van der Waals surface area contributed by atoms with Crippen LogP contribution in [0.2, 0.25) is 0 Å². The Labute approximate surface area is 161 Å². The number of anilines is 1. The lowest BCUT2D eigenvalue weighted by molar-refractivity contribution is 0.122. The van der Waals surface area contributed by atoms with Gasteiger partial charge < -0.3 is 9.64 Å². The van der Waals surface area contributed by atoms with Crippen LogP contribution < -0.4 is 4.90 Å². The molecule has 0 bridgehead atoms. The van der Waals surface area contributed by atoms with Crippen molar-refractivity contribution in [2.45, 2.75) is 0 Å². The highest BCUT2D eigenvalue weighted by Crippen LogP contribution is 2.31. The minimum absolute atomic E-state index is 0.266. The summed E-state index contributed by atoms with van der Waals surface area (Å²) in [5.74, 6) is 0.594. The number of morpholine rings is 1. The Kier molecular flexibility index (Phi) is 4.21. The molecule has 7 heteroatoms. The third-order valence-corrected chi connectivity index (χ3v) is 4.93. The molecular formula is C21H18FN5O. The third kappa shape index (κ3) is 3.10. The number of hydrogen-bond acceptors (Lipinski definition) is 5. The highest BCUT2D eigenvalue weighted by molar-refractivity contribution is 5.87. The Balaban J connectivity index is 1.55. The van der Waals surface area contributed by atoms with Crippen LogP contribution in [0.1, 0.15) is 0 Å². The first-order valence-corrected chi connectivity index (χ1v) is 9.17. The zero-order valence-corrected chi connectivity index (χ0v) is 15.1. The lowest BCUT2D eigenvalue weighted by Crippen LogP contribution is -2.36. The summed E-state index contributed by atoms with van der Waals surface area (Å²) in [4.78, 5) is 11.6. The van der Waals surface area contributed by atoms with E-state index in [2.05, 4.69) is 20.1 Å².